The Balaban J connectivity index is 1.81. The van der Waals surface area contributed by atoms with Crippen LogP contribution >= 0.6 is 11.6 Å². The third-order valence-electron chi connectivity index (χ3n) is 7.21. The molecule has 44 heavy (non-hydrogen) atoms. The first kappa shape index (κ1) is 32.8. The van der Waals surface area contributed by atoms with Gasteiger partial charge in [0.25, 0.3) is 10.0 Å². The molecule has 4 rings (SSSR count). The van der Waals surface area contributed by atoms with Gasteiger partial charge in [-0.05, 0) is 74.7 Å². The van der Waals surface area contributed by atoms with Crippen molar-refractivity contribution in [2.24, 2.45) is 0 Å². The smallest absolute Gasteiger partial charge is 0.264 e. The number of amides is 2. The van der Waals surface area contributed by atoms with E-state index in [-0.39, 0.29) is 29.8 Å². The van der Waals surface area contributed by atoms with Crippen molar-refractivity contribution in [3.8, 4) is 0 Å². The van der Waals surface area contributed by atoms with E-state index in [1.54, 1.807) is 37.3 Å². The highest BCUT2D eigenvalue weighted by atomic mass is 35.5. The van der Waals surface area contributed by atoms with Crippen molar-refractivity contribution in [3.05, 3.63) is 130 Å². The molecule has 0 aliphatic heterocycles. The summed E-state index contributed by atoms with van der Waals surface area (Å²) in [7, 11) is -4.19. The zero-order valence-electron chi connectivity index (χ0n) is 25.4. The third-order valence-corrected chi connectivity index (χ3v) is 9.22. The van der Waals surface area contributed by atoms with Gasteiger partial charge < -0.3 is 10.2 Å². The second kappa shape index (κ2) is 14.6. The Bertz CT molecular complexity index is 1680. The van der Waals surface area contributed by atoms with Crippen molar-refractivity contribution in [2.75, 3.05) is 10.8 Å². The SMILES string of the molecule is Cc1ccc(S(=O)(=O)N(CC(=O)N(Cc2ccccc2)C(Cc2ccccc2)C(=O)NC(C)C)c2ccc(Cl)cc2C)cc1. The summed E-state index contributed by atoms with van der Waals surface area (Å²) in [5.74, 6) is -0.831. The summed E-state index contributed by atoms with van der Waals surface area (Å²) in [6, 6.07) is 29.1. The maximum Gasteiger partial charge on any atom is 0.264 e. The number of hydrogen-bond donors (Lipinski definition) is 1. The van der Waals surface area contributed by atoms with E-state index in [1.807, 2.05) is 81.4 Å². The molecule has 4 aromatic carbocycles. The normalized spacial score (nSPS) is 12.0. The van der Waals surface area contributed by atoms with Crippen LogP contribution in [0.2, 0.25) is 5.02 Å². The predicted octanol–water partition coefficient (Wildman–Crippen LogP) is 6.32. The molecule has 0 aromatic heterocycles. The molecule has 2 amide bonds. The molecule has 9 heteroatoms. The van der Waals surface area contributed by atoms with Crippen LogP contribution in [0.25, 0.3) is 0 Å². The summed E-state index contributed by atoms with van der Waals surface area (Å²) in [6.45, 7) is 6.93. The molecule has 0 radical (unpaired) electrons. The highest BCUT2D eigenvalue weighted by Crippen LogP contribution is 2.30. The van der Waals surface area contributed by atoms with Crippen molar-refractivity contribution < 1.29 is 18.0 Å². The summed E-state index contributed by atoms with van der Waals surface area (Å²) < 4.78 is 29.5. The average Bonchev–Trinajstić information content (AvgIpc) is 2.99. The fourth-order valence-corrected chi connectivity index (χ4v) is 6.67. The zero-order chi connectivity index (χ0) is 31.9. The molecule has 1 atom stereocenters. The molecule has 0 saturated heterocycles. The molecule has 0 heterocycles. The summed E-state index contributed by atoms with van der Waals surface area (Å²) in [6.07, 6.45) is 0.253. The predicted molar refractivity (Wildman–Crippen MR) is 176 cm³/mol. The first-order valence-corrected chi connectivity index (χ1v) is 16.3. The minimum atomic E-state index is -4.19. The summed E-state index contributed by atoms with van der Waals surface area (Å²) >= 11 is 6.22. The Kier molecular flexibility index (Phi) is 10.8. The Morgan fingerprint density at radius 1 is 0.818 bits per heavy atom. The van der Waals surface area contributed by atoms with Crippen LogP contribution in [0.4, 0.5) is 5.69 Å². The van der Waals surface area contributed by atoms with Crippen LogP contribution in [0, 0.1) is 13.8 Å². The van der Waals surface area contributed by atoms with Gasteiger partial charge in [-0.25, -0.2) is 8.42 Å². The van der Waals surface area contributed by atoms with Gasteiger partial charge in [0.2, 0.25) is 11.8 Å². The Hall–Kier alpha value is -4.14. The minimum absolute atomic E-state index is 0.0539. The molecule has 0 fully saturated rings. The van der Waals surface area contributed by atoms with Crippen LogP contribution < -0.4 is 9.62 Å². The topological polar surface area (TPSA) is 86.8 Å². The number of carbonyl (C=O) groups is 2. The number of nitrogens with one attached hydrogen (secondary N) is 1. The van der Waals surface area contributed by atoms with Crippen LogP contribution in [0.5, 0.6) is 0 Å². The largest absolute Gasteiger partial charge is 0.352 e. The van der Waals surface area contributed by atoms with Gasteiger partial charge in [0, 0.05) is 24.0 Å². The molecule has 7 nitrogen and oxygen atoms in total. The fraction of sp³-hybridized carbons (Fsp3) is 0.257. The lowest BCUT2D eigenvalue weighted by molar-refractivity contribution is -0.140. The maximum absolute atomic E-state index is 14.5. The van der Waals surface area contributed by atoms with Crippen LogP contribution in [0.1, 0.15) is 36.1 Å². The Labute approximate surface area is 265 Å². The second-order valence-electron chi connectivity index (χ2n) is 11.1. The van der Waals surface area contributed by atoms with Crippen LogP contribution in [0.15, 0.2) is 108 Å². The molecular weight excluding hydrogens is 594 g/mol. The van der Waals surface area contributed by atoms with E-state index >= 15 is 0 Å². The van der Waals surface area contributed by atoms with E-state index in [0.717, 1.165) is 21.0 Å². The molecule has 230 valence electrons. The molecular formula is C35H38ClN3O4S. The molecule has 4 aromatic rings. The number of halogens is 1. The molecule has 0 saturated carbocycles. The molecule has 0 bridgehead atoms. The third kappa shape index (κ3) is 8.27. The van der Waals surface area contributed by atoms with Crippen LogP contribution in [-0.2, 0) is 32.6 Å². The molecule has 0 aliphatic rings. The van der Waals surface area contributed by atoms with E-state index in [2.05, 4.69) is 5.32 Å². The Morgan fingerprint density at radius 2 is 1.41 bits per heavy atom. The lowest BCUT2D eigenvalue weighted by Gasteiger charge is -2.34. The van der Waals surface area contributed by atoms with Crippen molar-refractivity contribution in [2.45, 2.75) is 57.6 Å². The first-order valence-electron chi connectivity index (χ1n) is 14.5. The summed E-state index contributed by atoms with van der Waals surface area (Å²) in [4.78, 5) is 29.8. The van der Waals surface area contributed by atoms with Gasteiger partial charge in [-0.15, -0.1) is 0 Å². The first-order chi connectivity index (χ1) is 21.0. The van der Waals surface area contributed by atoms with Gasteiger partial charge in [-0.1, -0.05) is 90.0 Å². The van der Waals surface area contributed by atoms with Gasteiger partial charge in [0.15, 0.2) is 0 Å². The van der Waals surface area contributed by atoms with E-state index in [4.69, 9.17) is 11.6 Å². The fourth-order valence-electron chi connectivity index (χ4n) is 4.96. The number of anilines is 1. The molecule has 1 unspecified atom stereocenters. The number of rotatable bonds is 12. The van der Waals surface area contributed by atoms with Crippen molar-refractivity contribution in [3.63, 3.8) is 0 Å². The lowest BCUT2D eigenvalue weighted by atomic mass is 10.0. The van der Waals surface area contributed by atoms with E-state index < -0.39 is 28.5 Å². The lowest BCUT2D eigenvalue weighted by Crippen LogP contribution is -2.54. The van der Waals surface area contributed by atoms with Crippen molar-refractivity contribution >= 4 is 39.1 Å². The highest BCUT2D eigenvalue weighted by Gasteiger charge is 2.35. The maximum atomic E-state index is 14.5. The van der Waals surface area contributed by atoms with Crippen molar-refractivity contribution in [1.82, 2.24) is 10.2 Å². The monoisotopic (exact) mass is 631 g/mol. The second-order valence-corrected chi connectivity index (χ2v) is 13.4. The van der Waals surface area contributed by atoms with E-state index in [1.165, 1.54) is 17.0 Å². The van der Waals surface area contributed by atoms with Crippen LogP contribution in [0.3, 0.4) is 0 Å². The van der Waals surface area contributed by atoms with Gasteiger partial charge in [0.05, 0.1) is 10.6 Å². The Morgan fingerprint density at radius 3 is 1.98 bits per heavy atom. The van der Waals surface area contributed by atoms with E-state index in [0.29, 0.717) is 16.3 Å². The van der Waals surface area contributed by atoms with Crippen molar-refractivity contribution in [1.29, 1.82) is 0 Å². The highest BCUT2D eigenvalue weighted by molar-refractivity contribution is 7.92. The van der Waals surface area contributed by atoms with Gasteiger partial charge in [0.1, 0.15) is 12.6 Å². The van der Waals surface area contributed by atoms with Crippen LogP contribution in [-0.4, -0.2) is 43.8 Å². The standard InChI is InChI=1S/C35H38ClN3O4S/c1-25(2)37-35(41)33(22-28-11-7-5-8-12-28)38(23-29-13-9-6-10-14-29)34(40)24-39(32-20-17-30(36)21-27(32)4)44(42,43)31-18-15-26(3)16-19-31/h5-21,25,33H,22-24H2,1-4H3,(H,37,41). The zero-order valence-corrected chi connectivity index (χ0v) is 27.0. The number of benzene rings is 4. The molecule has 1 N–H and O–H groups in total. The number of hydrogen-bond acceptors (Lipinski definition) is 4. The summed E-state index contributed by atoms with van der Waals surface area (Å²) in [5.41, 5.74) is 3.51. The number of aryl methyl sites for hydroxylation is 2. The quantitative estimate of drug-likeness (QED) is 0.198. The summed E-state index contributed by atoms with van der Waals surface area (Å²) in [5, 5.41) is 3.41. The minimum Gasteiger partial charge on any atom is -0.352 e. The van der Waals surface area contributed by atoms with Gasteiger partial charge >= 0.3 is 0 Å². The number of sulfonamides is 1. The number of nitrogens with zero attached hydrogens (tertiary/aromatic N) is 2. The molecule has 0 spiro atoms. The molecule has 0 aliphatic carbocycles. The van der Waals surface area contributed by atoms with Gasteiger partial charge in [-0.3, -0.25) is 13.9 Å². The average molecular weight is 632 g/mol. The van der Waals surface area contributed by atoms with Gasteiger partial charge in [-0.2, -0.15) is 0 Å². The van der Waals surface area contributed by atoms with E-state index in [9.17, 15) is 18.0 Å². The number of carbonyl (C=O) groups excluding carboxylic acids is 2.